The molecule has 0 spiro atoms. The van der Waals surface area contributed by atoms with Crippen LogP contribution in [0.15, 0.2) is 5.16 Å². The molecule has 0 aromatic carbocycles. The van der Waals surface area contributed by atoms with Gasteiger partial charge in [0.05, 0.1) is 6.61 Å². The van der Waals surface area contributed by atoms with Gasteiger partial charge in [-0.3, -0.25) is 4.79 Å². The highest BCUT2D eigenvalue weighted by Crippen LogP contribution is 2.46. The Balaban J connectivity index is 2.47. The third-order valence-corrected chi connectivity index (χ3v) is 2.73. The van der Waals surface area contributed by atoms with Crippen molar-refractivity contribution in [1.29, 1.82) is 0 Å². The van der Waals surface area contributed by atoms with E-state index in [4.69, 9.17) is 15.7 Å². The summed E-state index contributed by atoms with van der Waals surface area (Å²) in [5.41, 5.74) is 4.72. The molecule has 1 saturated carbocycles. The number of nitrogens with zero attached hydrogens (tertiary/aromatic N) is 1. The average Bonchev–Trinajstić information content (AvgIpc) is 3.06. The number of carbonyl (C=O) groups is 1. The fraction of sp³-hybridized carbons (Fsp3) is 0.800. The molecule has 0 aromatic heterocycles. The first-order valence-electron chi connectivity index (χ1n) is 5.43. The Morgan fingerprint density at radius 1 is 1.69 bits per heavy atom. The van der Waals surface area contributed by atoms with E-state index in [9.17, 15) is 4.79 Å². The second-order valence-corrected chi connectivity index (χ2v) is 4.10. The maximum Gasteiger partial charge on any atom is 0.234 e. The van der Waals surface area contributed by atoms with Gasteiger partial charge < -0.3 is 21.0 Å². The normalized spacial score (nSPS) is 20.2. The van der Waals surface area contributed by atoms with E-state index in [0.717, 1.165) is 0 Å². The maximum atomic E-state index is 11.9. The van der Waals surface area contributed by atoms with Crippen molar-refractivity contribution < 1.29 is 14.7 Å². The second kappa shape index (κ2) is 5.16. The van der Waals surface area contributed by atoms with Gasteiger partial charge in [0.25, 0.3) is 0 Å². The van der Waals surface area contributed by atoms with Crippen LogP contribution in [0.1, 0.15) is 26.7 Å². The zero-order chi connectivity index (χ0) is 12.2. The second-order valence-electron chi connectivity index (χ2n) is 4.10. The molecule has 1 aliphatic carbocycles. The maximum absolute atomic E-state index is 11.9. The van der Waals surface area contributed by atoms with Crippen LogP contribution in [0.4, 0.5) is 0 Å². The number of oxime groups is 1. The van der Waals surface area contributed by atoms with Crippen molar-refractivity contribution in [2.75, 3.05) is 13.2 Å². The smallest absolute Gasteiger partial charge is 0.234 e. The molecule has 1 rings (SSSR count). The Morgan fingerprint density at radius 3 is 2.75 bits per heavy atom. The van der Waals surface area contributed by atoms with Crippen molar-refractivity contribution in [3.63, 3.8) is 0 Å². The summed E-state index contributed by atoms with van der Waals surface area (Å²) in [5.74, 6) is -0.191. The van der Waals surface area contributed by atoms with Crippen LogP contribution in [0.2, 0.25) is 0 Å². The monoisotopic (exact) mass is 229 g/mol. The molecule has 0 aliphatic heterocycles. The summed E-state index contributed by atoms with van der Waals surface area (Å²) in [6.45, 7) is 4.84. The van der Waals surface area contributed by atoms with Crippen LogP contribution >= 0.6 is 0 Å². The number of ether oxygens (including phenoxy) is 1. The van der Waals surface area contributed by atoms with Crippen LogP contribution < -0.4 is 11.1 Å². The van der Waals surface area contributed by atoms with Crippen LogP contribution in [0, 0.1) is 5.41 Å². The lowest BCUT2D eigenvalue weighted by Gasteiger charge is -2.18. The van der Waals surface area contributed by atoms with Gasteiger partial charge in [0.1, 0.15) is 5.41 Å². The Hall–Kier alpha value is -1.30. The first-order valence-corrected chi connectivity index (χ1v) is 5.43. The number of nitrogens with two attached hydrogens (primary N) is 1. The van der Waals surface area contributed by atoms with E-state index >= 15 is 0 Å². The molecule has 1 atom stereocenters. The molecule has 6 nitrogen and oxygen atoms in total. The van der Waals surface area contributed by atoms with Gasteiger partial charge in [-0.25, -0.2) is 0 Å². The van der Waals surface area contributed by atoms with Crippen LogP contribution in [-0.2, 0) is 9.53 Å². The Kier molecular flexibility index (Phi) is 4.12. The number of rotatable bonds is 6. The van der Waals surface area contributed by atoms with Gasteiger partial charge in [0.15, 0.2) is 5.84 Å². The highest BCUT2D eigenvalue weighted by Gasteiger charge is 2.54. The van der Waals surface area contributed by atoms with E-state index in [2.05, 4.69) is 10.5 Å². The summed E-state index contributed by atoms with van der Waals surface area (Å²) in [6, 6.07) is -0.0728. The van der Waals surface area contributed by atoms with Crippen molar-refractivity contribution in [1.82, 2.24) is 5.32 Å². The fourth-order valence-corrected chi connectivity index (χ4v) is 1.52. The predicted molar refractivity (Wildman–Crippen MR) is 59.2 cm³/mol. The molecule has 0 heterocycles. The number of carbonyl (C=O) groups excluding carboxylic acids is 1. The predicted octanol–water partition coefficient (Wildman–Crippen LogP) is 0.0542. The number of hydrogen-bond acceptors (Lipinski definition) is 4. The lowest BCUT2D eigenvalue weighted by atomic mass is 10.0. The minimum Gasteiger partial charge on any atom is -0.409 e. The van der Waals surface area contributed by atoms with Gasteiger partial charge in [0.2, 0.25) is 5.91 Å². The minimum absolute atomic E-state index is 0.00592. The van der Waals surface area contributed by atoms with E-state index in [1.165, 1.54) is 0 Å². The number of nitrogens with one attached hydrogen (secondary N) is 1. The lowest BCUT2D eigenvalue weighted by molar-refractivity contribution is -0.125. The Bertz CT molecular complexity index is 287. The molecule has 0 bridgehead atoms. The van der Waals surface area contributed by atoms with E-state index in [1.54, 1.807) is 0 Å². The lowest BCUT2D eigenvalue weighted by Crippen LogP contribution is -2.45. The van der Waals surface area contributed by atoms with Crippen molar-refractivity contribution in [2.45, 2.75) is 32.7 Å². The highest BCUT2D eigenvalue weighted by atomic mass is 16.5. The molecular weight excluding hydrogens is 210 g/mol. The molecule has 0 saturated heterocycles. The van der Waals surface area contributed by atoms with Crippen LogP contribution in [0.5, 0.6) is 0 Å². The molecule has 1 fully saturated rings. The highest BCUT2D eigenvalue weighted by molar-refractivity contribution is 6.09. The average molecular weight is 229 g/mol. The van der Waals surface area contributed by atoms with Gasteiger partial charge >= 0.3 is 0 Å². The molecular formula is C10H19N3O3. The molecule has 1 aliphatic rings. The molecule has 0 aromatic rings. The quantitative estimate of drug-likeness (QED) is 0.259. The Labute approximate surface area is 94.8 Å². The summed E-state index contributed by atoms with van der Waals surface area (Å²) >= 11 is 0. The van der Waals surface area contributed by atoms with Crippen LogP contribution in [0.25, 0.3) is 0 Å². The van der Waals surface area contributed by atoms with Gasteiger partial charge in [0, 0.05) is 12.6 Å². The summed E-state index contributed by atoms with van der Waals surface area (Å²) in [5, 5.41) is 14.3. The summed E-state index contributed by atoms with van der Waals surface area (Å²) in [6.07, 6.45) is 1.27. The molecule has 0 radical (unpaired) electrons. The molecule has 1 amide bonds. The number of amides is 1. The van der Waals surface area contributed by atoms with Crippen LogP contribution in [-0.4, -0.2) is 36.2 Å². The fourth-order valence-electron chi connectivity index (χ4n) is 1.52. The topological polar surface area (TPSA) is 96.9 Å². The van der Waals surface area contributed by atoms with E-state index in [0.29, 0.717) is 26.1 Å². The van der Waals surface area contributed by atoms with Gasteiger partial charge in [-0.2, -0.15) is 0 Å². The molecule has 6 heteroatoms. The zero-order valence-corrected chi connectivity index (χ0v) is 9.69. The molecule has 92 valence electrons. The van der Waals surface area contributed by atoms with Gasteiger partial charge in [-0.1, -0.05) is 5.16 Å². The third-order valence-electron chi connectivity index (χ3n) is 2.73. The molecule has 1 unspecified atom stereocenters. The summed E-state index contributed by atoms with van der Waals surface area (Å²) < 4.78 is 5.19. The third kappa shape index (κ3) is 2.63. The van der Waals surface area contributed by atoms with Crippen molar-refractivity contribution in [3.05, 3.63) is 0 Å². The summed E-state index contributed by atoms with van der Waals surface area (Å²) in [7, 11) is 0. The first kappa shape index (κ1) is 12.8. The molecule has 4 N–H and O–H groups in total. The van der Waals surface area contributed by atoms with Crippen molar-refractivity contribution in [3.8, 4) is 0 Å². The van der Waals surface area contributed by atoms with Crippen LogP contribution in [0.3, 0.4) is 0 Å². The van der Waals surface area contributed by atoms with E-state index in [1.807, 2.05) is 13.8 Å². The van der Waals surface area contributed by atoms with Gasteiger partial charge in [-0.05, 0) is 26.7 Å². The zero-order valence-electron chi connectivity index (χ0n) is 9.69. The number of amidine groups is 1. The SMILES string of the molecule is CCOCC(C)NC(=O)C1(C(N)=NO)CC1. The Morgan fingerprint density at radius 2 is 2.31 bits per heavy atom. The molecule has 16 heavy (non-hydrogen) atoms. The summed E-state index contributed by atoms with van der Waals surface area (Å²) in [4.78, 5) is 11.9. The standard InChI is InChI=1S/C10H19N3O3/c1-3-16-6-7(2)12-9(14)10(4-5-10)8(11)13-15/h7,15H,3-6H2,1-2H3,(H2,11,13)(H,12,14). The van der Waals surface area contributed by atoms with Crippen molar-refractivity contribution >= 4 is 11.7 Å². The largest absolute Gasteiger partial charge is 0.409 e. The number of hydrogen-bond donors (Lipinski definition) is 3. The van der Waals surface area contributed by atoms with Gasteiger partial charge in [-0.15, -0.1) is 0 Å². The van der Waals surface area contributed by atoms with Crippen molar-refractivity contribution in [2.24, 2.45) is 16.3 Å². The van der Waals surface area contributed by atoms with E-state index in [-0.39, 0.29) is 17.8 Å². The first-order chi connectivity index (χ1) is 7.56. The minimum atomic E-state index is -0.783. The van der Waals surface area contributed by atoms with E-state index < -0.39 is 5.41 Å².